The number of aliphatic imine (C=N–C) groups is 1. The van der Waals surface area contributed by atoms with Gasteiger partial charge in [-0.05, 0) is 18.2 Å². The molecule has 2 aromatic carbocycles. The molecule has 174 valence electrons. The minimum absolute atomic E-state index is 0.278. The molecule has 1 aromatic heterocycles. The smallest absolute Gasteiger partial charge is 0.196 e. The fraction of sp³-hybridized carbons (Fsp3) is 0.217. The predicted molar refractivity (Wildman–Crippen MR) is 135 cm³/mol. The van der Waals surface area contributed by atoms with Crippen molar-refractivity contribution < 1.29 is 4.74 Å². The molecule has 1 fully saturated rings. The van der Waals surface area contributed by atoms with Crippen molar-refractivity contribution in [2.75, 3.05) is 43.9 Å². The number of methoxy groups -OCH3 is 1. The molecule has 1 aliphatic heterocycles. The van der Waals surface area contributed by atoms with Crippen molar-refractivity contribution in [3.05, 3.63) is 58.2 Å². The van der Waals surface area contributed by atoms with Crippen molar-refractivity contribution >= 4 is 46.5 Å². The van der Waals surface area contributed by atoms with E-state index in [1.165, 1.54) is 7.11 Å². The van der Waals surface area contributed by atoms with Gasteiger partial charge in [-0.2, -0.15) is 5.26 Å². The second-order valence-corrected chi connectivity index (χ2v) is 8.29. The number of hydrogen-bond donors (Lipinski definition) is 2. The summed E-state index contributed by atoms with van der Waals surface area (Å²) in [6.07, 6.45) is 1.68. The average molecular weight is 497 g/mol. The predicted octanol–water partition coefficient (Wildman–Crippen LogP) is 3.68. The van der Waals surface area contributed by atoms with Crippen molar-refractivity contribution in [3.63, 3.8) is 0 Å². The van der Waals surface area contributed by atoms with E-state index in [0.717, 1.165) is 0 Å². The number of nitriles is 1. The van der Waals surface area contributed by atoms with E-state index in [-0.39, 0.29) is 5.82 Å². The minimum atomic E-state index is 0.278. The molecule has 0 radical (unpaired) electrons. The Kier molecular flexibility index (Phi) is 6.91. The lowest BCUT2D eigenvalue weighted by atomic mass is 10.1. The summed E-state index contributed by atoms with van der Waals surface area (Å²) in [4.78, 5) is 17.6. The highest BCUT2D eigenvalue weighted by Gasteiger charge is 2.21. The van der Waals surface area contributed by atoms with Crippen LogP contribution in [-0.2, 0) is 0 Å². The number of hydrogen-bond acceptors (Lipinski definition) is 7. The lowest BCUT2D eigenvalue weighted by Crippen LogP contribution is -2.51. The number of nitrogens with two attached hydrogens (primary N) is 2. The topological polar surface area (TPSA) is 130 Å². The first kappa shape index (κ1) is 23.4. The van der Waals surface area contributed by atoms with Crippen molar-refractivity contribution in [2.24, 2.45) is 10.7 Å². The number of nitrogen functional groups attached to an aromatic ring is 1. The van der Waals surface area contributed by atoms with Crippen LogP contribution in [0, 0.1) is 11.3 Å². The quantitative estimate of drug-likeness (QED) is 0.413. The first-order valence-electron chi connectivity index (χ1n) is 10.4. The largest absolute Gasteiger partial charge is 0.495 e. The molecule has 9 nitrogen and oxygen atoms in total. The lowest BCUT2D eigenvalue weighted by molar-refractivity contribution is 0.381. The maximum atomic E-state index is 9.13. The molecule has 34 heavy (non-hydrogen) atoms. The van der Waals surface area contributed by atoms with E-state index in [1.54, 1.807) is 42.6 Å². The van der Waals surface area contributed by atoms with Gasteiger partial charge in [0.05, 0.1) is 34.6 Å². The Morgan fingerprint density at radius 1 is 1.18 bits per heavy atom. The maximum absolute atomic E-state index is 9.13. The molecule has 0 aliphatic carbocycles. The van der Waals surface area contributed by atoms with E-state index in [9.17, 15) is 0 Å². The van der Waals surface area contributed by atoms with Gasteiger partial charge in [0.2, 0.25) is 0 Å². The summed E-state index contributed by atoms with van der Waals surface area (Å²) < 4.78 is 5.24. The molecule has 2 heterocycles. The molecule has 1 aliphatic rings. The third-order valence-electron chi connectivity index (χ3n) is 5.47. The summed E-state index contributed by atoms with van der Waals surface area (Å²) >= 11 is 12.4. The molecular formula is C23H22Cl2N8O. The van der Waals surface area contributed by atoms with Crippen LogP contribution in [0.2, 0.25) is 10.0 Å². The standard InChI is InChI=1S/C23H22Cl2N8O/c1-34-18-11-15(6-5-14(18)12-26)30-23(28)33-9-7-32(8-10-33)19-13-29-21(22(27)31-19)16-3-2-4-17(24)20(16)25/h2-6,11,13H,7-10H2,1H3,(H2,27,31)(H2,28,30). The molecule has 4 N–H and O–H groups in total. The number of ether oxygens (including phenoxy) is 1. The number of guanidine groups is 1. The van der Waals surface area contributed by atoms with E-state index in [1.807, 2.05) is 4.90 Å². The first-order valence-corrected chi connectivity index (χ1v) is 11.2. The van der Waals surface area contributed by atoms with Gasteiger partial charge in [0.25, 0.3) is 0 Å². The van der Waals surface area contributed by atoms with Crippen LogP contribution in [0.1, 0.15) is 5.56 Å². The van der Waals surface area contributed by atoms with Crippen molar-refractivity contribution in [3.8, 4) is 23.1 Å². The summed E-state index contributed by atoms with van der Waals surface area (Å²) in [5.41, 5.74) is 14.6. The number of rotatable bonds is 4. The van der Waals surface area contributed by atoms with Crippen LogP contribution < -0.4 is 21.1 Å². The van der Waals surface area contributed by atoms with Crippen LogP contribution in [0.15, 0.2) is 47.6 Å². The molecule has 0 atom stereocenters. The maximum Gasteiger partial charge on any atom is 0.196 e. The summed E-state index contributed by atoms with van der Waals surface area (Å²) in [6, 6.07) is 12.5. The number of benzene rings is 2. The highest BCUT2D eigenvalue weighted by atomic mass is 35.5. The van der Waals surface area contributed by atoms with Crippen molar-refractivity contribution in [1.29, 1.82) is 5.26 Å². The lowest BCUT2D eigenvalue weighted by Gasteiger charge is -2.35. The monoisotopic (exact) mass is 496 g/mol. The summed E-state index contributed by atoms with van der Waals surface area (Å²) in [7, 11) is 1.51. The third-order valence-corrected chi connectivity index (χ3v) is 6.29. The SMILES string of the molecule is COc1cc(N=C(N)N2CCN(c3cnc(-c4cccc(Cl)c4Cl)c(N)n3)CC2)ccc1C#N. The zero-order valence-electron chi connectivity index (χ0n) is 18.4. The van der Waals surface area contributed by atoms with Crippen LogP contribution in [-0.4, -0.2) is 54.1 Å². The van der Waals surface area contributed by atoms with Gasteiger partial charge in [-0.25, -0.2) is 15.0 Å². The van der Waals surface area contributed by atoms with E-state index in [4.69, 9.17) is 44.7 Å². The van der Waals surface area contributed by atoms with Gasteiger partial charge in [-0.3, -0.25) is 0 Å². The average Bonchev–Trinajstić information content (AvgIpc) is 2.86. The van der Waals surface area contributed by atoms with Crippen LogP contribution >= 0.6 is 23.2 Å². The zero-order valence-corrected chi connectivity index (χ0v) is 19.9. The Labute approximate surface area is 207 Å². The molecule has 0 spiro atoms. The van der Waals surface area contributed by atoms with Gasteiger partial charge >= 0.3 is 0 Å². The van der Waals surface area contributed by atoms with E-state index >= 15 is 0 Å². The Balaban J connectivity index is 1.45. The Bertz CT molecular complexity index is 1280. The van der Waals surface area contributed by atoms with Crippen LogP contribution in [0.4, 0.5) is 17.3 Å². The molecule has 3 aromatic rings. The number of nitrogens with zero attached hydrogens (tertiary/aromatic N) is 6. The van der Waals surface area contributed by atoms with Gasteiger partial charge in [0.15, 0.2) is 11.8 Å². The van der Waals surface area contributed by atoms with E-state index in [0.29, 0.717) is 76.3 Å². The van der Waals surface area contributed by atoms with Crippen LogP contribution in [0.25, 0.3) is 11.3 Å². The normalized spacial score (nSPS) is 14.1. The van der Waals surface area contributed by atoms with E-state index < -0.39 is 0 Å². The number of halogens is 2. The molecular weight excluding hydrogens is 475 g/mol. The fourth-order valence-corrected chi connectivity index (χ4v) is 4.04. The second-order valence-electron chi connectivity index (χ2n) is 7.50. The highest BCUT2D eigenvalue weighted by Crippen LogP contribution is 2.35. The fourth-order valence-electron chi connectivity index (χ4n) is 3.65. The van der Waals surface area contributed by atoms with E-state index in [2.05, 4.69) is 25.9 Å². The molecule has 0 amide bonds. The molecule has 1 saturated heterocycles. The summed E-state index contributed by atoms with van der Waals surface area (Å²) in [5, 5.41) is 9.95. The summed E-state index contributed by atoms with van der Waals surface area (Å²) in [6.45, 7) is 2.62. The number of anilines is 2. The second kappa shape index (κ2) is 10.0. The van der Waals surface area contributed by atoms with Gasteiger partial charge in [0.1, 0.15) is 23.3 Å². The van der Waals surface area contributed by atoms with Crippen LogP contribution in [0.3, 0.4) is 0 Å². The number of piperazine rings is 1. The third kappa shape index (κ3) is 4.78. The molecule has 0 unspecified atom stereocenters. The van der Waals surface area contributed by atoms with Gasteiger partial charge in [-0.1, -0.05) is 35.3 Å². The molecule has 0 bridgehead atoms. The number of aromatic nitrogens is 2. The Morgan fingerprint density at radius 3 is 2.62 bits per heavy atom. The highest BCUT2D eigenvalue weighted by molar-refractivity contribution is 6.43. The van der Waals surface area contributed by atoms with Crippen LogP contribution in [0.5, 0.6) is 5.75 Å². The van der Waals surface area contributed by atoms with Gasteiger partial charge in [0, 0.05) is 37.8 Å². The van der Waals surface area contributed by atoms with Crippen molar-refractivity contribution in [2.45, 2.75) is 0 Å². The first-order chi connectivity index (χ1) is 16.4. The summed E-state index contributed by atoms with van der Waals surface area (Å²) in [5.74, 6) is 1.80. The van der Waals surface area contributed by atoms with Crippen molar-refractivity contribution in [1.82, 2.24) is 14.9 Å². The van der Waals surface area contributed by atoms with Gasteiger partial charge in [-0.15, -0.1) is 0 Å². The van der Waals surface area contributed by atoms with Gasteiger partial charge < -0.3 is 26.0 Å². The Hall–Kier alpha value is -3.74. The molecule has 11 heteroatoms. The Morgan fingerprint density at radius 2 is 1.94 bits per heavy atom. The molecule has 0 saturated carbocycles. The minimum Gasteiger partial charge on any atom is -0.495 e. The molecule has 4 rings (SSSR count). The zero-order chi connectivity index (χ0) is 24.2.